The van der Waals surface area contributed by atoms with Gasteiger partial charge in [-0.2, -0.15) is 0 Å². The molecule has 3 nitrogen and oxygen atoms in total. The molecule has 4 rings (SSSR count). The van der Waals surface area contributed by atoms with E-state index in [0.717, 1.165) is 34.4 Å². The summed E-state index contributed by atoms with van der Waals surface area (Å²) in [6.45, 7) is 2.80. The van der Waals surface area contributed by atoms with E-state index in [-0.39, 0.29) is 0 Å². The summed E-state index contributed by atoms with van der Waals surface area (Å²) >= 11 is 0. The number of hydrogen-bond donors (Lipinski definition) is 0. The maximum absolute atomic E-state index is 5.98. The second kappa shape index (κ2) is 6.91. The molecular formula is C22H26N2O. The first-order valence-electron chi connectivity index (χ1n) is 9.37. The van der Waals surface area contributed by atoms with E-state index in [1.807, 2.05) is 25.2 Å². The number of aryl methyl sites for hydroxylation is 1. The zero-order valence-corrected chi connectivity index (χ0v) is 15.1. The van der Waals surface area contributed by atoms with E-state index in [1.165, 1.54) is 31.2 Å². The van der Waals surface area contributed by atoms with Gasteiger partial charge in [-0.15, -0.1) is 0 Å². The molecule has 1 aliphatic rings. The highest BCUT2D eigenvalue weighted by atomic mass is 16.5. The standard InChI is InChI=1S/C22H26N2O/c1-3-16-8-9-18(14-16)17-10-12-19(13-11-17)25-15-22-23-20-6-4-5-7-21(20)24(22)2/h4-7,10-13,16,18H,3,8-9,14-15H2,1-2H3. The monoisotopic (exact) mass is 334 g/mol. The predicted octanol–water partition coefficient (Wildman–Crippen LogP) is 5.45. The molecule has 0 aliphatic heterocycles. The fourth-order valence-electron chi connectivity index (χ4n) is 4.06. The van der Waals surface area contributed by atoms with Crippen LogP contribution in [-0.4, -0.2) is 9.55 Å². The fourth-order valence-corrected chi connectivity index (χ4v) is 4.06. The van der Waals surface area contributed by atoms with Crippen LogP contribution in [-0.2, 0) is 13.7 Å². The second-order valence-corrected chi connectivity index (χ2v) is 7.22. The SMILES string of the molecule is CCC1CCC(c2ccc(OCc3nc4ccccc4n3C)cc2)C1. The molecule has 2 unspecified atom stereocenters. The van der Waals surface area contributed by atoms with Crippen LogP contribution in [0.1, 0.15) is 49.9 Å². The van der Waals surface area contributed by atoms with E-state index in [1.54, 1.807) is 0 Å². The Balaban J connectivity index is 1.42. The largest absolute Gasteiger partial charge is 0.486 e. The topological polar surface area (TPSA) is 27.1 Å². The third kappa shape index (κ3) is 3.28. The van der Waals surface area contributed by atoms with Crippen LogP contribution in [0.3, 0.4) is 0 Å². The molecule has 1 aliphatic carbocycles. The fraction of sp³-hybridized carbons (Fsp3) is 0.409. The molecule has 0 bridgehead atoms. The van der Waals surface area contributed by atoms with Gasteiger partial charge in [0.25, 0.3) is 0 Å². The zero-order chi connectivity index (χ0) is 17.2. The van der Waals surface area contributed by atoms with Crippen molar-refractivity contribution in [3.05, 3.63) is 59.9 Å². The molecule has 1 aromatic heterocycles. The van der Waals surface area contributed by atoms with Crippen LogP contribution < -0.4 is 4.74 Å². The van der Waals surface area contributed by atoms with Gasteiger partial charge in [0.15, 0.2) is 0 Å². The van der Waals surface area contributed by atoms with Crippen LogP contribution in [0.25, 0.3) is 11.0 Å². The third-order valence-corrected chi connectivity index (χ3v) is 5.72. The number of aromatic nitrogens is 2. The first kappa shape index (κ1) is 16.2. The van der Waals surface area contributed by atoms with Gasteiger partial charge < -0.3 is 9.30 Å². The predicted molar refractivity (Wildman–Crippen MR) is 102 cm³/mol. The molecule has 2 aromatic carbocycles. The molecule has 0 saturated heterocycles. The summed E-state index contributed by atoms with van der Waals surface area (Å²) in [7, 11) is 2.04. The van der Waals surface area contributed by atoms with Crippen LogP contribution in [0.5, 0.6) is 5.75 Å². The van der Waals surface area contributed by atoms with Crippen LogP contribution in [0.15, 0.2) is 48.5 Å². The number of para-hydroxylation sites is 2. The number of benzene rings is 2. The summed E-state index contributed by atoms with van der Waals surface area (Å²) in [5.41, 5.74) is 3.62. The summed E-state index contributed by atoms with van der Waals surface area (Å²) in [4.78, 5) is 4.66. The summed E-state index contributed by atoms with van der Waals surface area (Å²) < 4.78 is 8.08. The summed E-state index contributed by atoms with van der Waals surface area (Å²) in [5.74, 6) is 3.52. The molecule has 0 radical (unpaired) electrons. The lowest BCUT2D eigenvalue weighted by Crippen LogP contribution is -2.03. The van der Waals surface area contributed by atoms with Crippen molar-refractivity contribution in [3.8, 4) is 5.75 Å². The Hall–Kier alpha value is -2.29. The Bertz CT molecular complexity index is 850. The number of hydrogen-bond acceptors (Lipinski definition) is 2. The molecular weight excluding hydrogens is 308 g/mol. The average Bonchev–Trinajstić information content (AvgIpc) is 3.26. The van der Waals surface area contributed by atoms with Crippen LogP contribution in [0, 0.1) is 5.92 Å². The zero-order valence-electron chi connectivity index (χ0n) is 15.1. The minimum atomic E-state index is 0.492. The lowest BCUT2D eigenvalue weighted by Gasteiger charge is -2.12. The number of ether oxygens (including phenoxy) is 1. The van der Waals surface area contributed by atoms with Gasteiger partial charge >= 0.3 is 0 Å². The first-order chi connectivity index (χ1) is 12.2. The molecule has 3 aromatic rings. The number of fused-ring (bicyclic) bond motifs is 1. The highest BCUT2D eigenvalue weighted by molar-refractivity contribution is 5.75. The molecule has 3 heteroatoms. The lowest BCUT2D eigenvalue weighted by atomic mass is 9.95. The van der Waals surface area contributed by atoms with Gasteiger partial charge in [-0.25, -0.2) is 4.98 Å². The third-order valence-electron chi connectivity index (χ3n) is 5.72. The number of imidazole rings is 1. The maximum atomic E-state index is 5.98. The molecule has 130 valence electrons. The normalized spacial score (nSPS) is 20.2. The van der Waals surface area contributed by atoms with Gasteiger partial charge in [-0.05, 0) is 60.9 Å². The summed E-state index contributed by atoms with van der Waals surface area (Å²) in [5, 5.41) is 0. The Morgan fingerprint density at radius 3 is 2.60 bits per heavy atom. The van der Waals surface area contributed by atoms with Crippen LogP contribution in [0.2, 0.25) is 0 Å². The lowest BCUT2D eigenvalue weighted by molar-refractivity contribution is 0.292. The highest BCUT2D eigenvalue weighted by Gasteiger charge is 2.24. The van der Waals surface area contributed by atoms with Crippen LogP contribution in [0.4, 0.5) is 0 Å². The average molecular weight is 334 g/mol. The van der Waals surface area contributed by atoms with Gasteiger partial charge in [0.2, 0.25) is 0 Å². The Morgan fingerprint density at radius 1 is 1.08 bits per heavy atom. The minimum Gasteiger partial charge on any atom is -0.486 e. The molecule has 1 saturated carbocycles. The van der Waals surface area contributed by atoms with Crippen molar-refractivity contribution in [3.63, 3.8) is 0 Å². The molecule has 2 atom stereocenters. The Labute approximate surface area is 149 Å². The van der Waals surface area contributed by atoms with Crippen molar-refractivity contribution in [2.24, 2.45) is 13.0 Å². The molecule has 1 heterocycles. The van der Waals surface area contributed by atoms with Crippen molar-refractivity contribution in [2.75, 3.05) is 0 Å². The second-order valence-electron chi connectivity index (χ2n) is 7.22. The van der Waals surface area contributed by atoms with E-state index in [0.29, 0.717) is 6.61 Å². The number of nitrogens with zero attached hydrogens (tertiary/aromatic N) is 2. The Morgan fingerprint density at radius 2 is 1.88 bits per heavy atom. The van der Waals surface area contributed by atoms with Crippen molar-refractivity contribution >= 4 is 11.0 Å². The van der Waals surface area contributed by atoms with Gasteiger partial charge in [0.05, 0.1) is 11.0 Å². The van der Waals surface area contributed by atoms with Gasteiger partial charge in [0.1, 0.15) is 18.2 Å². The molecule has 0 spiro atoms. The van der Waals surface area contributed by atoms with Gasteiger partial charge in [-0.3, -0.25) is 0 Å². The molecule has 0 N–H and O–H groups in total. The number of rotatable bonds is 5. The van der Waals surface area contributed by atoms with E-state index in [4.69, 9.17) is 4.74 Å². The first-order valence-corrected chi connectivity index (χ1v) is 9.37. The van der Waals surface area contributed by atoms with E-state index in [2.05, 4.69) is 46.8 Å². The quantitative estimate of drug-likeness (QED) is 0.620. The van der Waals surface area contributed by atoms with Gasteiger partial charge in [-0.1, -0.05) is 37.6 Å². The van der Waals surface area contributed by atoms with Gasteiger partial charge in [0, 0.05) is 7.05 Å². The van der Waals surface area contributed by atoms with E-state index in [9.17, 15) is 0 Å². The smallest absolute Gasteiger partial charge is 0.147 e. The molecule has 25 heavy (non-hydrogen) atoms. The van der Waals surface area contributed by atoms with Crippen molar-refractivity contribution in [1.82, 2.24) is 9.55 Å². The van der Waals surface area contributed by atoms with Crippen LogP contribution >= 0.6 is 0 Å². The molecule has 0 amide bonds. The van der Waals surface area contributed by atoms with E-state index < -0.39 is 0 Å². The Kier molecular flexibility index (Phi) is 4.48. The minimum absolute atomic E-state index is 0.492. The highest BCUT2D eigenvalue weighted by Crippen LogP contribution is 2.39. The van der Waals surface area contributed by atoms with Crippen molar-refractivity contribution in [1.29, 1.82) is 0 Å². The van der Waals surface area contributed by atoms with Crippen molar-refractivity contribution < 1.29 is 4.74 Å². The van der Waals surface area contributed by atoms with Crippen molar-refractivity contribution in [2.45, 2.75) is 45.1 Å². The maximum Gasteiger partial charge on any atom is 0.147 e. The summed E-state index contributed by atoms with van der Waals surface area (Å²) in [6.07, 6.45) is 5.37. The van der Waals surface area contributed by atoms with E-state index >= 15 is 0 Å². The summed E-state index contributed by atoms with van der Waals surface area (Å²) in [6, 6.07) is 16.9. The molecule has 1 fully saturated rings.